The molecule has 0 saturated heterocycles. The van der Waals surface area contributed by atoms with Crippen molar-refractivity contribution in [3.63, 3.8) is 0 Å². The standard InChI is InChI=1S/C6H10N2O4/c7-1-6(8)4(11)2(9)3(10)5(6)12/h2,4,9,11H,1,7-8H2. The number of rotatable bonds is 1. The van der Waals surface area contributed by atoms with Crippen molar-refractivity contribution >= 4 is 11.6 Å². The van der Waals surface area contributed by atoms with Crippen molar-refractivity contribution in [2.75, 3.05) is 6.54 Å². The minimum Gasteiger partial charge on any atom is -0.387 e. The second kappa shape index (κ2) is 2.60. The van der Waals surface area contributed by atoms with Crippen LogP contribution in [0.2, 0.25) is 0 Å². The molecule has 6 heteroatoms. The first-order valence-electron chi connectivity index (χ1n) is 3.39. The highest BCUT2D eigenvalue weighted by atomic mass is 16.3. The van der Waals surface area contributed by atoms with Crippen LogP contribution in [-0.2, 0) is 9.59 Å². The maximum atomic E-state index is 11.0. The molecule has 1 fully saturated rings. The molecule has 0 aromatic heterocycles. The Balaban J connectivity index is 3.06. The summed E-state index contributed by atoms with van der Waals surface area (Å²) in [6.07, 6.45) is -3.33. The molecular formula is C6H10N2O4. The van der Waals surface area contributed by atoms with Gasteiger partial charge in [-0.15, -0.1) is 0 Å². The van der Waals surface area contributed by atoms with Gasteiger partial charge in [0.1, 0.15) is 17.7 Å². The van der Waals surface area contributed by atoms with Crippen LogP contribution in [0, 0.1) is 0 Å². The second-order valence-electron chi connectivity index (χ2n) is 2.83. The number of aliphatic hydroxyl groups is 2. The summed E-state index contributed by atoms with van der Waals surface area (Å²) in [7, 11) is 0. The molecule has 1 saturated carbocycles. The molecule has 0 aromatic rings. The number of carbonyl (C=O) groups excluding carboxylic acids is 2. The van der Waals surface area contributed by atoms with Crippen LogP contribution in [0.15, 0.2) is 0 Å². The van der Waals surface area contributed by atoms with Gasteiger partial charge in [0.05, 0.1) is 0 Å². The molecule has 0 heterocycles. The Morgan fingerprint density at radius 1 is 1.42 bits per heavy atom. The van der Waals surface area contributed by atoms with Crippen molar-refractivity contribution in [2.24, 2.45) is 11.5 Å². The van der Waals surface area contributed by atoms with Crippen molar-refractivity contribution in [1.82, 2.24) is 0 Å². The molecule has 1 rings (SSSR count). The zero-order valence-electron chi connectivity index (χ0n) is 6.23. The predicted molar refractivity (Wildman–Crippen MR) is 38.0 cm³/mol. The smallest absolute Gasteiger partial charge is 0.231 e. The van der Waals surface area contributed by atoms with Gasteiger partial charge >= 0.3 is 0 Å². The summed E-state index contributed by atoms with van der Waals surface area (Å²) < 4.78 is 0. The lowest BCUT2D eigenvalue weighted by molar-refractivity contribution is -0.139. The van der Waals surface area contributed by atoms with Crippen molar-refractivity contribution < 1.29 is 19.8 Å². The fourth-order valence-electron chi connectivity index (χ4n) is 1.14. The molecule has 3 atom stereocenters. The van der Waals surface area contributed by atoms with Gasteiger partial charge < -0.3 is 21.7 Å². The van der Waals surface area contributed by atoms with E-state index < -0.39 is 29.3 Å². The van der Waals surface area contributed by atoms with Gasteiger partial charge in [0.2, 0.25) is 11.6 Å². The molecule has 12 heavy (non-hydrogen) atoms. The maximum absolute atomic E-state index is 11.0. The lowest BCUT2D eigenvalue weighted by Gasteiger charge is -2.23. The number of Topliss-reactive ketones (excluding diaryl/α,β-unsaturated/α-hetero) is 2. The van der Waals surface area contributed by atoms with Gasteiger partial charge in [-0.2, -0.15) is 0 Å². The summed E-state index contributed by atoms with van der Waals surface area (Å²) in [6, 6.07) is 0. The molecule has 0 aromatic carbocycles. The molecule has 3 unspecified atom stereocenters. The highest BCUT2D eigenvalue weighted by molar-refractivity contribution is 6.45. The van der Waals surface area contributed by atoms with Gasteiger partial charge in [0, 0.05) is 6.54 Å². The van der Waals surface area contributed by atoms with E-state index in [9.17, 15) is 9.59 Å². The molecular weight excluding hydrogens is 164 g/mol. The summed E-state index contributed by atoms with van der Waals surface area (Å²) in [6.45, 7) is -0.365. The predicted octanol–water partition coefficient (Wildman–Crippen LogP) is -3.48. The minimum absolute atomic E-state index is 0.365. The van der Waals surface area contributed by atoms with Crippen molar-refractivity contribution in [3.8, 4) is 0 Å². The average Bonchev–Trinajstić information content (AvgIpc) is 2.22. The third kappa shape index (κ3) is 0.896. The van der Waals surface area contributed by atoms with Crippen LogP contribution in [-0.4, -0.2) is 46.1 Å². The monoisotopic (exact) mass is 174 g/mol. The molecule has 0 amide bonds. The van der Waals surface area contributed by atoms with E-state index in [1.54, 1.807) is 0 Å². The van der Waals surface area contributed by atoms with Crippen molar-refractivity contribution in [2.45, 2.75) is 17.7 Å². The normalized spacial score (nSPS) is 42.3. The SMILES string of the molecule is NCC1(N)C(=O)C(=O)C(O)C1O. The van der Waals surface area contributed by atoms with Crippen molar-refractivity contribution in [3.05, 3.63) is 0 Å². The summed E-state index contributed by atoms with van der Waals surface area (Å²) in [5.41, 5.74) is 8.62. The van der Waals surface area contributed by atoms with Crippen LogP contribution in [0.25, 0.3) is 0 Å². The van der Waals surface area contributed by atoms with Crippen LogP contribution in [0.1, 0.15) is 0 Å². The van der Waals surface area contributed by atoms with E-state index >= 15 is 0 Å². The van der Waals surface area contributed by atoms with Crippen LogP contribution < -0.4 is 11.5 Å². The first kappa shape index (κ1) is 9.27. The zero-order chi connectivity index (χ0) is 9.52. The van der Waals surface area contributed by atoms with Crippen LogP contribution in [0.5, 0.6) is 0 Å². The number of carbonyl (C=O) groups is 2. The molecule has 0 radical (unpaired) electrons. The van der Waals surface area contributed by atoms with Gasteiger partial charge in [-0.05, 0) is 0 Å². The Morgan fingerprint density at radius 3 is 2.08 bits per heavy atom. The van der Waals surface area contributed by atoms with Gasteiger partial charge in [-0.25, -0.2) is 0 Å². The highest BCUT2D eigenvalue weighted by Crippen LogP contribution is 2.21. The topological polar surface area (TPSA) is 127 Å². The maximum Gasteiger partial charge on any atom is 0.231 e. The molecule has 6 nitrogen and oxygen atoms in total. The molecule has 0 bridgehead atoms. The van der Waals surface area contributed by atoms with Crippen LogP contribution in [0.3, 0.4) is 0 Å². The summed E-state index contributed by atoms with van der Waals surface area (Å²) in [5, 5.41) is 18.1. The van der Waals surface area contributed by atoms with Gasteiger partial charge in [-0.3, -0.25) is 9.59 Å². The lowest BCUT2D eigenvalue weighted by atomic mass is 9.95. The average molecular weight is 174 g/mol. The van der Waals surface area contributed by atoms with Gasteiger partial charge in [-0.1, -0.05) is 0 Å². The Morgan fingerprint density at radius 2 is 1.92 bits per heavy atom. The van der Waals surface area contributed by atoms with E-state index in [0.717, 1.165) is 0 Å². The first-order chi connectivity index (χ1) is 5.45. The Hall–Kier alpha value is -0.820. The van der Waals surface area contributed by atoms with E-state index in [1.807, 2.05) is 0 Å². The molecule has 1 aliphatic rings. The number of nitrogens with two attached hydrogens (primary N) is 2. The number of aliphatic hydroxyl groups excluding tert-OH is 2. The van der Waals surface area contributed by atoms with Gasteiger partial charge in [0.25, 0.3) is 0 Å². The fourth-order valence-corrected chi connectivity index (χ4v) is 1.14. The second-order valence-corrected chi connectivity index (χ2v) is 2.83. The highest BCUT2D eigenvalue weighted by Gasteiger charge is 2.56. The third-order valence-corrected chi connectivity index (χ3v) is 2.08. The molecule has 6 N–H and O–H groups in total. The van der Waals surface area contributed by atoms with Gasteiger partial charge in [0.15, 0.2) is 0 Å². The number of hydrogen-bond acceptors (Lipinski definition) is 6. The Bertz CT molecular complexity index is 242. The van der Waals surface area contributed by atoms with E-state index in [1.165, 1.54) is 0 Å². The molecule has 1 aliphatic carbocycles. The fraction of sp³-hybridized carbons (Fsp3) is 0.667. The first-order valence-corrected chi connectivity index (χ1v) is 3.39. The third-order valence-electron chi connectivity index (χ3n) is 2.08. The van der Waals surface area contributed by atoms with Crippen molar-refractivity contribution in [1.29, 1.82) is 0 Å². The lowest BCUT2D eigenvalue weighted by Crippen LogP contribution is -2.59. The van der Waals surface area contributed by atoms with E-state index in [4.69, 9.17) is 21.7 Å². The zero-order valence-corrected chi connectivity index (χ0v) is 6.23. The molecule has 68 valence electrons. The Labute approximate surface area is 68.1 Å². The van der Waals surface area contributed by atoms with E-state index in [-0.39, 0.29) is 6.54 Å². The number of hydrogen-bond donors (Lipinski definition) is 4. The van der Waals surface area contributed by atoms with E-state index in [0.29, 0.717) is 0 Å². The summed E-state index contributed by atoms with van der Waals surface area (Å²) in [5.74, 6) is -2.08. The minimum atomic E-state index is -1.81. The molecule has 0 aliphatic heterocycles. The van der Waals surface area contributed by atoms with Crippen LogP contribution >= 0.6 is 0 Å². The quantitative estimate of drug-likeness (QED) is 0.306. The van der Waals surface area contributed by atoms with Crippen LogP contribution in [0.4, 0.5) is 0 Å². The summed E-state index contributed by atoms with van der Waals surface area (Å²) in [4.78, 5) is 21.8. The largest absolute Gasteiger partial charge is 0.387 e. The number of ketones is 2. The Kier molecular flexibility index (Phi) is 2.01. The van der Waals surface area contributed by atoms with E-state index in [2.05, 4.69) is 0 Å². The molecule has 0 spiro atoms. The summed E-state index contributed by atoms with van der Waals surface area (Å²) >= 11 is 0.